The van der Waals surface area contributed by atoms with Gasteiger partial charge in [0.1, 0.15) is 11.6 Å². The summed E-state index contributed by atoms with van der Waals surface area (Å²) in [5, 5.41) is 12.7. The van der Waals surface area contributed by atoms with Crippen LogP contribution in [0.3, 0.4) is 0 Å². The number of fused-ring (bicyclic) bond motifs is 2. The molecule has 2 aliphatic rings. The quantitative estimate of drug-likeness (QED) is 0.696. The molecular weight excluding hydrogens is 366 g/mol. The molecule has 1 aromatic heterocycles. The van der Waals surface area contributed by atoms with E-state index in [1.807, 2.05) is 55.5 Å². The van der Waals surface area contributed by atoms with Crippen molar-refractivity contribution in [3.8, 4) is 22.6 Å². The molecular formula is C23H21N3O3. The number of aromatic nitrogens is 1. The number of aliphatic hydroxyl groups is 1. The van der Waals surface area contributed by atoms with Crippen LogP contribution in [0.4, 0.5) is 11.5 Å². The van der Waals surface area contributed by atoms with Crippen molar-refractivity contribution in [2.75, 3.05) is 23.3 Å². The van der Waals surface area contributed by atoms with Crippen molar-refractivity contribution in [2.24, 2.45) is 0 Å². The van der Waals surface area contributed by atoms with E-state index in [-0.39, 0.29) is 12.0 Å². The Balaban J connectivity index is 1.50. The molecule has 6 heteroatoms. The number of nitrogens with one attached hydrogen (secondary N) is 1. The number of ether oxygens (including phenoxy) is 1. The lowest BCUT2D eigenvalue weighted by molar-refractivity contribution is 0.102. The van der Waals surface area contributed by atoms with Crippen LogP contribution in [0.5, 0.6) is 11.5 Å². The van der Waals surface area contributed by atoms with Crippen molar-refractivity contribution in [3.05, 3.63) is 65.9 Å². The van der Waals surface area contributed by atoms with Crippen molar-refractivity contribution in [1.82, 2.24) is 4.98 Å². The molecule has 146 valence electrons. The number of aliphatic hydroxyl groups excluding tert-OH is 1. The van der Waals surface area contributed by atoms with Crippen molar-refractivity contribution in [3.63, 3.8) is 0 Å². The predicted octanol–water partition coefficient (Wildman–Crippen LogP) is 3.99. The van der Waals surface area contributed by atoms with Gasteiger partial charge in [-0.05, 0) is 66.4 Å². The Hall–Kier alpha value is -3.38. The van der Waals surface area contributed by atoms with E-state index < -0.39 is 0 Å². The molecule has 0 unspecified atom stereocenters. The van der Waals surface area contributed by atoms with Crippen LogP contribution in [0.2, 0.25) is 0 Å². The van der Waals surface area contributed by atoms with E-state index in [1.165, 1.54) is 0 Å². The zero-order valence-electron chi connectivity index (χ0n) is 16.1. The molecule has 1 fully saturated rings. The molecule has 3 aromatic rings. The third-order valence-electron chi connectivity index (χ3n) is 5.39. The minimum absolute atomic E-state index is 0.192. The van der Waals surface area contributed by atoms with E-state index in [1.54, 1.807) is 6.20 Å². The zero-order valence-corrected chi connectivity index (χ0v) is 16.1. The number of carbonyl (C=O) groups excluding carboxylic acids is 1. The average Bonchev–Trinajstić information content (AvgIpc) is 3.11. The van der Waals surface area contributed by atoms with Crippen LogP contribution in [0, 0.1) is 6.92 Å². The molecule has 0 spiro atoms. The van der Waals surface area contributed by atoms with Gasteiger partial charge in [0.2, 0.25) is 0 Å². The minimum atomic E-state index is -0.306. The molecule has 1 atom stereocenters. The van der Waals surface area contributed by atoms with Crippen LogP contribution in [-0.2, 0) is 0 Å². The molecule has 5 rings (SSSR count). The third-order valence-corrected chi connectivity index (χ3v) is 5.39. The summed E-state index contributed by atoms with van der Waals surface area (Å²) in [7, 11) is 0. The second-order valence-corrected chi connectivity index (χ2v) is 7.56. The second kappa shape index (κ2) is 6.90. The van der Waals surface area contributed by atoms with Gasteiger partial charge in [-0.1, -0.05) is 12.1 Å². The Kier molecular flexibility index (Phi) is 4.21. The molecule has 6 nitrogen and oxygen atoms in total. The summed E-state index contributed by atoms with van der Waals surface area (Å²) in [6.07, 6.45) is 2.21. The van der Waals surface area contributed by atoms with Crippen molar-refractivity contribution in [1.29, 1.82) is 0 Å². The van der Waals surface area contributed by atoms with E-state index in [0.717, 1.165) is 35.5 Å². The molecule has 1 saturated heterocycles. The van der Waals surface area contributed by atoms with Crippen LogP contribution < -0.4 is 15.0 Å². The molecule has 29 heavy (non-hydrogen) atoms. The van der Waals surface area contributed by atoms with E-state index >= 15 is 0 Å². The molecule has 0 saturated carbocycles. The third kappa shape index (κ3) is 3.32. The van der Waals surface area contributed by atoms with Crippen LogP contribution in [0.25, 0.3) is 11.1 Å². The van der Waals surface area contributed by atoms with Gasteiger partial charge >= 0.3 is 0 Å². The number of β-amino-alcohol motifs (C(OH)–C–C–N with tert-alkyl or cyclic N) is 1. The number of benzene rings is 2. The first-order valence-electron chi connectivity index (χ1n) is 9.70. The lowest BCUT2D eigenvalue weighted by atomic mass is 10.0. The highest BCUT2D eigenvalue weighted by Gasteiger charge is 2.23. The highest BCUT2D eigenvalue weighted by atomic mass is 16.5. The molecule has 2 aromatic carbocycles. The number of aryl methyl sites for hydroxylation is 1. The predicted molar refractivity (Wildman–Crippen MR) is 112 cm³/mol. The summed E-state index contributed by atoms with van der Waals surface area (Å²) in [4.78, 5) is 19.4. The molecule has 2 aliphatic heterocycles. The number of hydrogen-bond donors (Lipinski definition) is 2. The van der Waals surface area contributed by atoms with E-state index in [4.69, 9.17) is 4.74 Å². The fourth-order valence-electron chi connectivity index (χ4n) is 3.84. The van der Waals surface area contributed by atoms with Crippen molar-refractivity contribution >= 4 is 17.4 Å². The Morgan fingerprint density at radius 3 is 2.76 bits per heavy atom. The summed E-state index contributed by atoms with van der Waals surface area (Å²) in [5.74, 6) is 1.81. The first-order valence-corrected chi connectivity index (χ1v) is 9.70. The average molecular weight is 387 g/mol. The topological polar surface area (TPSA) is 74.7 Å². The second-order valence-electron chi connectivity index (χ2n) is 7.56. The largest absolute Gasteiger partial charge is 0.454 e. The molecule has 1 amide bonds. The molecule has 0 radical (unpaired) electrons. The number of nitrogens with zero attached hydrogens (tertiary/aromatic N) is 2. The Morgan fingerprint density at radius 2 is 1.93 bits per heavy atom. The highest BCUT2D eigenvalue weighted by Crippen LogP contribution is 2.38. The maximum Gasteiger partial charge on any atom is 0.259 e. The zero-order chi connectivity index (χ0) is 20.0. The van der Waals surface area contributed by atoms with Gasteiger partial charge in [-0.3, -0.25) is 4.79 Å². The first kappa shape index (κ1) is 17.7. The smallest absolute Gasteiger partial charge is 0.259 e. The van der Waals surface area contributed by atoms with Gasteiger partial charge < -0.3 is 20.1 Å². The number of carbonyl (C=O) groups is 1. The van der Waals surface area contributed by atoms with E-state index in [2.05, 4.69) is 15.2 Å². The van der Waals surface area contributed by atoms with Crippen LogP contribution in [-0.4, -0.2) is 35.2 Å². The number of amides is 1. The number of hydrogen-bond acceptors (Lipinski definition) is 5. The van der Waals surface area contributed by atoms with Gasteiger partial charge in [0.05, 0.1) is 17.4 Å². The maximum absolute atomic E-state index is 12.8. The number of rotatable bonds is 2. The Labute approximate surface area is 168 Å². The van der Waals surface area contributed by atoms with Gasteiger partial charge in [0.15, 0.2) is 5.75 Å². The van der Waals surface area contributed by atoms with E-state index in [0.29, 0.717) is 29.3 Å². The molecule has 2 N–H and O–H groups in total. The SMILES string of the molecule is Cc1ccc2c(c1)NC(=O)c1cc(-c3ccnc(N4CC[C@@H](O)C4)c3)ccc1O2. The summed E-state index contributed by atoms with van der Waals surface area (Å²) in [6.45, 7) is 3.35. The summed E-state index contributed by atoms with van der Waals surface area (Å²) in [6, 6.07) is 15.3. The normalized spacial score (nSPS) is 17.8. The van der Waals surface area contributed by atoms with Crippen LogP contribution in [0.1, 0.15) is 22.3 Å². The Morgan fingerprint density at radius 1 is 1.10 bits per heavy atom. The molecule has 3 heterocycles. The first-order chi connectivity index (χ1) is 14.1. The number of anilines is 2. The van der Waals surface area contributed by atoms with Crippen LogP contribution >= 0.6 is 0 Å². The van der Waals surface area contributed by atoms with Crippen LogP contribution in [0.15, 0.2) is 54.7 Å². The fourth-order valence-corrected chi connectivity index (χ4v) is 3.84. The standard InChI is InChI=1S/C23H21N3O3/c1-14-2-4-21-19(10-14)25-23(28)18-11-15(3-5-20(18)29-21)16-6-8-24-22(12-16)26-9-7-17(27)13-26/h2-6,8,10-12,17,27H,7,9,13H2,1H3,(H,25,28)/t17-/m1/s1. The lowest BCUT2D eigenvalue weighted by Gasteiger charge is -2.17. The fraction of sp³-hybridized carbons (Fsp3) is 0.217. The highest BCUT2D eigenvalue weighted by molar-refractivity contribution is 6.08. The molecule has 0 aliphatic carbocycles. The van der Waals surface area contributed by atoms with E-state index in [9.17, 15) is 9.90 Å². The number of pyridine rings is 1. The Bertz CT molecular complexity index is 1110. The van der Waals surface area contributed by atoms with Crippen molar-refractivity contribution < 1.29 is 14.6 Å². The molecule has 0 bridgehead atoms. The summed E-state index contributed by atoms with van der Waals surface area (Å²) < 4.78 is 6.00. The summed E-state index contributed by atoms with van der Waals surface area (Å²) in [5.41, 5.74) is 4.09. The van der Waals surface area contributed by atoms with Crippen molar-refractivity contribution in [2.45, 2.75) is 19.4 Å². The monoisotopic (exact) mass is 387 g/mol. The minimum Gasteiger partial charge on any atom is -0.454 e. The van der Waals surface area contributed by atoms with Gasteiger partial charge in [0.25, 0.3) is 5.91 Å². The van der Waals surface area contributed by atoms with Gasteiger partial charge in [-0.15, -0.1) is 0 Å². The maximum atomic E-state index is 12.8. The van der Waals surface area contributed by atoms with Gasteiger partial charge in [-0.25, -0.2) is 4.98 Å². The van der Waals surface area contributed by atoms with Gasteiger partial charge in [-0.2, -0.15) is 0 Å². The lowest BCUT2D eigenvalue weighted by Crippen LogP contribution is -2.22. The van der Waals surface area contributed by atoms with Gasteiger partial charge in [0, 0.05) is 19.3 Å². The summed E-state index contributed by atoms with van der Waals surface area (Å²) >= 11 is 0.